The molecular formula is C30H27F3N2O3S. The molecule has 1 aliphatic heterocycles. The zero-order valence-corrected chi connectivity index (χ0v) is 22.5. The van der Waals surface area contributed by atoms with Crippen molar-refractivity contribution in [2.45, 2.75) is 30.5 Å². The Kier molecular flexibility index (Phi) is 7.46. The van der Waals surface area contributed by atoms with Gasteiger partial charge in [-0.1, -0.05) is 30.3 Å². The van der Waals surface area contributed by atoms with Gasteiger partial charge in [0.2, 0.25) is 0 Å². The zero-order chi connectivity index (χ0) is 27.8. The molecule has 0 fully saturated rings. The minimum absolute atomic E-state index is 0.0145. The number of nitrogens with zero attached hydrogens (tertiary/aromatic N) is 1. The van der Waals surface area contributed by atoms with Gasteiger partial charge in [0.1, 0.15) is 17.4 Å². The number of aromatic nitrogens is 1. The first-order valence-corrected chi connectivity index (χ1v) is 13.3. The molecule has 0 radical (unpaired) electrons. The van der Waals surface area contributed by atoms with Crippen LogP contribution in [0.2, 0.25) is 0 Å². The van der Waals surface area contributed by atoms with Crippen molar-refractivity contribution in [1.29, 1.82) is 0 Å². The van der Waals surface area contributed by atoms with Crippen LogP contribution >= 0.6 is 11.8 Å². The highest BCUT2D eigenvalue weighted by Gasteiger charge is 2.35. The van der Waals surface area contributed by atoms with Crippen molar-refractivity contribution in [3.8, 4) is 22.6 Å². The molecule has 1 aliphatic rings. The molecule has 4 aromatic rings. The Morgan fingerprint density at radius 1 is 0.974 bits per heavy atom. The number of pyridine rings is 1. The molecule has 0 bridgehead atoms. The predicted octanol–water partition coefficient (Wildman–Crippen LogP) is 6.20. The van der Waals surface area contributed by atoms with Crippen molar-refractivity contribution in [3.05, 3.63) is 111 Å². The standard InChI is InChI=1S/C30H27F3N2O3S/c1-16-20(14-21-22(31)7-5-8-23(21)32)30-35(29(36)26(16)19-6-4-9-25(38-3)27(19)33)24(15-39-30)28(34)17-10-12-18(37-2)13-11-17/h4-13,24,28H,14-15,34H2,1-3H3/t24-,28?/m0/s1. The number of hydrogen-bond acceptors (Lipinski definition) is 5. The average Bonchev–Trinajstić information content (AvgIpc) is 3.38. The van der Waals surface area contributed by atoms with E-state index in [-0.39, 0.29) is 28.9 Å². The summed E-state index contributed by atoms with van der Waals surface area (Å²) in [6, 6.07) is 14.5. The van der Waals surface area contributed by atoms with Crippen LogP contribution in [0.5, 0.6) is 11.5 Å². The summed E-state index contributed by atoms with van der Waals surface area (Å²) in [4.78, 5) is 14.1. The van der Waals surface area contributed by atoms with E-state index in [1.54, 1.807) is 36.8 Å². The zero-order valence-electron chi connectivity index (χ0n) is 21.6. The highest BCUT2D eigenvalue weighted by molar-refractivity contribution is 7.99. The van der Waals surface area contributed by atoms with E-state index in [1.165, 1.54) is 49.2 Å². The third-order valence-corrected chi connectivity index (χ3v) is 8.47. The Bertz CT molecular complexity index is 1580. The largest absolute Gasteiger partial charge is 0.497 e. The van der Waals surface area contributed by atoms with Gasteiger partial charge >= 0.3 is 0 Å². The van der Waals surface area contributed by atoms with Gasteiger partial charge in [0, 0.05) is 23.3 Å². The first kappa shape index (κ1) is 26.9. The van der Waals surface area contributed by atoms with E-state index in [0.29, 0.717) is 27.7 Å². The van der Waals surface area contributed by atoms with Gasteiger partial charge in [-0.2, -0.15) is 0 Å². The summed E-state index contributed by atoms with van der Waals surface area (Å²) in [6.07, 6.45) is -0.115. The fourth-order valence-corrected chi connectivity index (χ4v) is 6.55. The Labute approximate surface area is 228 Å². The number of halogens is 3. The van der Waals surface area contributed by atoms with Crippen LogP contribution in [-0.2, 0) is 6.42 Å². The van der Waals surface area contributed by atoms with Crippen LogP contribution < -0.4 is 20.8 Å². The van der Waals surface area contributed by atoms with E-state index in [9.17, 15) is 13.6 Å². The Morgan fingerprint density at radius 2 is 1.64 bits per heavy atom. The summed E-state index contributed by atoms with van der Waals surface area (Å²) in [6.45, 7) is 1.68. The Morgan fingerprint density at radius 3 is 2.28 bits per heavy atom. The van der Waals surface area contributed by atoms with E-state index >= 15 is 4.39 Å². The number of ether oxygens (including phenoxy) is 2. The third kappa shape index (κ3) is 4.70. The predicted molar refractivity (Wildman–Crippen MR) is 146 cm³/mol. The summed E-state index contributed by atoms with van der Waals surface area (Å²) in [5, 5.41) is 0.571. The summed E-state index contributed by atoms with van der Waals surface area (Å²) in [7, 11) is 2.91. The summed E-state index contributed by atoms with van der Waals surface area (Å²) in [5.41, 5.74) is 8.10. The number of fused-ring (bicyclic) bond motifs is 1. The van der Waals surface area contributed by atoms with Crippen LogP contribution in [0.3, 0.4) is 0 Å². The normalized spacial score (nSPS) is 15.2. The molecule has 0 aliphatic carbocycles. The summed E-state index contributed by atoms with van der Waals surface area (Å²) >= 11 is 1.40. The number of benzene rings is 3. The van der Waals surface area contributed by atoms with Crippen molar-refractivity contribution in [2.75, 3.05) is 20.0 Å². The van der Waals surface area contributed by atoms with Crippen LogP contribution in [-0.4, -0.2) is 24.5 Å². The van der Waals surface area contributed by atoms with Crippen molar-refractivity contribution in [3.63, 3.8) is 0 Å². The molecule has 39 heavy (non-hydrogen) atoms. The van der Waals surface area contributed by atoms with Gasteiger partial charge in [0.25, 0.3) is 5.56 Å². The van der Waals surface area contributed by atoms with Crippen LogP contribution in [0.1, 0.15) is 34.3 Å². The van der Waals surface area contributed by atoms with E-state index < -0.39 is 35.1 Å². The molecule has 5 nitrogen and oxygen atoms in total. The quantitative estimate of drug-likeness (QED) is 0.296. The van der Waals surface area contributed by atoms with Crippen molar-refractivity contribution in [2.24, 2.45) is 5.73 Å². The monoisotopic (exact) mass is 552 g/mol. The van der Waals surface area contributed by atoms with Crippen LogP contribution in [0.4, 0.5) is 13.2 Å². The molecule has 202 valence electrons. The van der Waals surface area contributed by atoms with Gasteiger partial charge in [-0.05, 0) is 53.9 Å². The topological polar surface area (TPSA) is 66.5 Å². The number of thioether (sulfide) groups is 1. The Hall–Kier alpha value is -3.69. The van der Waals surface area contributed by atoms with Crippen LogP contribution in [0.25, 0.3) is 11.1 Å². The van der Waals surface area contributed by atoms with Crippen LogP contribution in [0, 0.1) is 24.4 Å². The maximum absolute atomic E-state index is 15.5. The molecule has 0 saturated heterocycles. The first-order chi connectivity index (χ1) is 18.8. The molecule has 2 heterocycles. The van der Waals surface area contributed by atoms with E-state index in [0.717, 1.165) is 5.56 Å². The number of methoxy groups -OCH3 is 2. The number of nitrogens with two attached hydrogens (primary N) is 1. The van der Waals surface area contributed by atoms with Gasteiger partial charge in [-0.3, -0.25) is 9.36 Å². The fourth-order valence-electron chi connectivity index (χ4n) is 5.10. The fraction of sp³-hybridized carbons (Fsp3) is 0.233. The SMILES string of the molecule is COc1ccc(C(N)[C@@H]2CSc3c(Cc4c(F)cccc4F)c(C)c(-c4cccc(OC)c4F)c(=O)n32)cc1. The highest BCUT2D eigenvalue weighted by Crippen LogP contribution is 2.44. The molecule has 0 amide bonds. The molecule has 2 N–H and O–H groups in total. The lowest BCUT2D eigenvalue weighted by atomic mass is 9.93. The van der Waals surface area contributed by atoms with Gasteiger partial charge in [0.05, 0.1) is 36.9 Å². The van der Waals surface area contributed by atoms with Gasteiger partial charge in [0.15, 0.2) is 11.6 Å². The van der Waals surface area contributed by atoms with Crippen LogP contribution in [0.15, 0.2) is 70.5 Å². The summed E-state index contributed by atoms with van der Waals surface area (Å²) < 4.78 is 57.0. The number of rotatable bonds is 7. The lowest BCUT2D eigenvalue weighted by Gasteiger charge is -2.25. The second-order valence-corrected chi connectivity index (χ2v) is 10.3. The van der Waals surface area contributed by atoms with E-state index in [2.05, 4.69) is 0 Å². The van der Waals surface area contributed by atoms with Crippen molar-refractivity contribution in [1.82, 2.24) is 4.57 Å². The first-order valence-electron chi connectivity index (χ1n) is 12.3. The Balaban J connectivity index is 1.74. The molecule has 0 spiro atoms. The lowest BCUT2D eigenvalue weighted by molar-refractivity contribution is 0.387. The number of hydrogen-bond donors (Lipinski definition) is 1. The summed E-state index contributed by atoms with van der Waals surface area (Å²) in [5.74, 6) is -0.959. The van der Waals surface area contributed by atoms with E-state index in [4.69, 9.17) is 15.2 Å². The molecule has 3 aromatic carbocycles. The molecule has 5 rings (SSSR count). The van der Waals surface area contributed by atoms with Gasteiger partial charge < -0.3 is 15.2 Å². The van der Waals surface area contributed by atoms with Gasteiger partial charge in [-0.25, -0.2) is 13.2 Å². The average molecular weight is 553 g/mol. The van der Waals surface area contributed by atoms with E-state index in [1.807, 2.05) is 12.1 Å². The van der Waals surface area contributed by atoms with Gasteiger partial charge in [-0.15, -0.1) is 11.8 Å². The second kappa shape index (κ2) is 10.8. The maximum atomic E-state index is 15.5. The molecule has 1 aromatic heterocycles. The van der Waals surface area contributed by atoms with Crippen molar-refractivity contribution < 1.29 is 22.6 Å². The highest BCUT2D eigenvalue weighted by atomic mass is 32.2. The molecular weight excluding hydrogens is 525 g/mol. The lowest BCUT2D eigenvalue weighted by Crippen LogP contribution is -2.33. The molecule has 0 saturated carbocycles. The van der Waals surface area contributed by atoms with Crippen molar-refractivity contribution >= 4 is 11.8 Å². The maximum Gasteiger partial charge on any atom is 0.260 e. The minimum Gasteiger partial charge on any atom is -0.497 e. The molecule has 9 heteroatoms. The molecule has 1 unspecified atom stereocenters. The molecule has 2 atom stereocenters. The second-order valence-electron chi connectivity index (χ2n) is 9.33. The minimum atomic E-state index is -0.692. The third-order valence-electron chi connectivity index (χ3n) is 7.24. The smallest absolute Gasteiger partial charge is 0.260 e.